The molecule has 2 atom stereocenters. The van der Waals surface area contributed by atoms with Crippen LogP contribution in [0.2, 0.25) is 0 Å². The van der Waals surface area contributed by atoms with Gasteiger partial charge in [0.05, 0.1) is 10.6 Å². The molecule has 4 rings (SSSR count). The highest BCUT2D eigenvalue weighted by Crippen LogP contribution is 2.36. The van der Waals surface area contributed by atoms with Gasteiger partial charge in [-0.15, -0.1) is 19.5 Å². The van der Waals surface area contributed by atoms with E-state index in [1.165, 1.54) is 0 Å². The second-order valence-corrected chi connectivity index (χ2v) is 10.1. The molecule has 0 aliphatic rings. The number of hydrogen-bond donors (Lipinski definition) is 2. The summed E-state index contributed by atoms with van der Waals surface area (Å²) in [5, 5.41) is 15.0. The van der Waals surface area contributed by atoms with Crippen LogP contribution < -0.4 is 20.2 Å². The van der Waals surface area contributed by atoms with Crippen LogP contribution in [0.1, 0.15) is 28.3 Å². The fraction of sp³-hybridized carbons (Fsp3) is 0.130. The Balaban J connectivity index is 1.90. The van der Waals surface area contributed by atoms with Gasteiger partial charge in [-0.3, -0.25) is 5.01 Å². The van der Waals surface area contributed by atoms with E-state index in [1.807, 2.05) is 41.4 Å². The van der Waals surface area contributed by atoms with Crippen molar-refractivity contribution in [3.63, 3.8) is 0 Å². The molecule has 4 N–H and O–H groups in total. The summed E-state index contributed by atoms with van der Waals surface area (Å²) in [6, 6.07) is 19.5. The van der Waals surface area contributed by atoms with E-state index in [0.717, 1.165) is 16.8 Å². The lowest BCUT2D eigenvalue weighted by atomic mass is 9.95. The number of nitrogens with zero attached hydrogens (tertiary/aromatic N) is 4. The van der Waals surface area contributed by atoms with Gasteiger partial charge < -0.3 is 4.18 Å². The molecule has 3 aromatic carbocycles. The predicted molar refractivity (Wildman–Crippen MR) is 135 cm³/mol. The molecule has 0 saturated heterocycles. The van der Waals surface area contributed by atoms with Crippen molar-refractivity contribution in [3.8, 4) is 5.75 Å². The quantitative estimate of drug-likeness (QED) is 0.224. The van der Waals surface area contributed by atoms with Gasteiger partial charge >= 0.3 is 10.3 Å². The van der Waals surface area contributed by atoms with E-state index in [4.69, 9.17) is 15.2 Å². The van der Waals surface area contributed by atoms with Crippen molar-refractivity contribution in [2.24, 2.45) is 11.0 Å². The molecular formula is C23H24N6O6S2. The van der Waals surface area contributed by atoms with Gasteiger partial charge in [-0.1, -0.05) is 36.4 Å². The number of aryl methyl sites for hydroxylation is 2. The summed E-state index contributed by atoms with van der Waals surface area (Å²) in [6.45, 7) is 3.50. The first-order valence-corrected chi connectivity index (χ1v) is 13.3. The minimum atomic E-state index is -4.19. The number of aromatic nitrogens is 3. The minimum absolute atomic E-state index is 0.112. The first-order valence-electron chi connectivity index (χ1n) is 10.8. The largest absolute Gasteiger partial charge is 0.380 e. The molecule has 14 heteroatoms. The summed E-state index contributed by atoms with van der Waals surface area (Å²) in [6.07, 6.45) is 3.13. The summed E-state index contributed by atoms with van der Waals surface area (Å²) in [5.41, 5.74) is 3.63. The Labute approximate surface area is 216 Å². The molecule has 4 aromatic rings. The average Bonchev–Trinajstić information content (AvgIpc) is 3.38. The third-order valence-corrected chi connectivity index (χ3v) is 6.87. The molecule has 1 aromatic heterocycles. The monoisotopic (exact) mass is 544 g/mol. The van der Waals surface area contributed by atoms with Gasteiger partial charge in [-0.05, 0) is 66.4 Å². The van der Waals surface area contributed by atoms with E-state index < -0.39 is 27.4 Å². The smallest absolute Gasteiger partial charge is 0.371 e. The number of hydrogen-bond acceptors (Lipinski definition) is 10. The van der Waals surface area contributed by atoms with Crippen molar-refractivity contribution < 1.29 is 26.1 Å². The van der Waals surface area contributed by atoms with E-state index in [2.05, 4.69) is 19.5 Å². The standard InChI is InChI=1S/C23H24N6O6S2/c1-16-12-18(8-10-21(16)33-37(25,31)32)23(19-9-11-22(17(2)13-19)36(30)35-34-24)29(28-14-26-27-15-28)20-6-4-3-5-7-20/h3-15,23H,24H2,1-2H3,(H2,25,31,32). The van der Waals surface area contributed by atoms with Gasteiger partial charge in [0.2, 0.25) is 11.1 Å². The van der Waals surface area contributed by atoms with Crippen molar-refractivity contribution in [3.05, 3.63) is 102 Å². The topological polar surface area (TPSA) is 165 Å². The van der Waals surface area contributed by atoms with Crippen molar-refractivity contribution in [2.75, 3.05) is 5.01 Å². The zero-order valence-corrected chi connectivity index (χ0v) is 21.4. The second-order valence-electron chi connectivity index (χ2n) is 7.95. The number of nitrogens with two attached hydrogens (primary N) is 2. The maximum absolute atomic E-state index is 12.3. The van der Waals surface area contributed by atoms with Crippen LogP contribution in [-0.4, -0.2) is 27.5 Å². The third kappa shape index (κ3) is 6.19. The Morgan fingerprint density at radius 2 is 1.57 bits per heavy atom. The van der Waals surface area contributed by atoms with Gasteiger partial charge in [-0.2, -0.15) is 19.5 Å². The second kappa shape index (κ2) is 11.2. The molecule has 0 aliphatic carbocycles. The Kier molecular flexibility index (Phi) is 7.97. The van der Waals surface area contributed by atoms with Crippen LogP contribution in [0.5, 0.6) is 5.75 Å². The lowest BCUT2D eigenvalue weighted by Gasteiger charge is -2.35. The molecule has 0 aliphatic heterocycles. The molecule has 37 heavy (non-hydrogen) atoms. The third-order valence-electron chi connectivity index (χ3n) is 5.44. The zero-order chi connectivity index (χ0) is 26.6. The Bertz CT molecular complexity index is 1500. The number of rotatable bonds is 10. The van der Waals surface area contributed by atoms with E-state index in [1.54, 1.807) is 61.5 Å². The average molecular weight is 545 g/mol. The lowest BCUT2D eigenvalue weighted by molar-refractivity contribution is -0.201. The van der Waals surface area contributed by atoms with Crippen molar-refractivity contribution in [1.29, 1.82) is 0 Å². The van der Waals surface area contributed by atoms with Crippen LogP contribution in [0.4, 0.5) is 5.69 Å². The fourth-order valence-corrected chi connectivity index (χ4v) is 5.02. The summed E-state index contributed by atoms with van der Waals surface area (Å²) in [4.78, 5) is 4.46. The molecule has 2 unspecified atom stereocenters. The van der Waals surface area contributed by atoms with E-state index in [0.29, 0.717) is 16.0 Å². The molecule has 0 radical (unpaired) electrons. The Morgan fingerprint density at radius 3 is 2.14 bits per heavy atom. The van der Waals surface area contributed by atoms with Crippen LogP contribution in [0.15, 0.2) is 84.3 Å². The van der Waals surface area contributed by atoms with Crippen LogP contribution in [-0.2, 0) is 30.7 Å². The van der Waals surface area contributed by atoms with Crippen LogP contribution in [0.3, 0.4) is 0 Å². The van der Waals surface area contributed by atoms with Crippen LogP contribution >= 0.6 is 0 Å². The van der Waals surface area contributed by atoms with Gasteiger partial charge in [0.25, 0.3) is 0 Å². The minimum Gasteiger partial charge on any atom is -0.371 e. The van der Waals surface area contributed by atoms with E-state index in [9.17, 15) is 12.6 Å². The molecule has 0 spiro atoms. The molecule has 12 nitrogen and oxygen atoms in total. The number of benzene rings is 3. The number of anilines is 1. The molecule has 0 amide bonds. The van der Waals surface area contributed by atoms with Gasteiger partial charge in [0.1, 0.15) is 24.4 Å². The predicted octanol–water partition coefficient (Wildman–Crippen LogP) is 2.38. The molecule has 0 saturated carbocycles. The summed E-state index contributed by atoms with van der Waals surface area (Å²) < 4.78 is 46.5. The first kappa shape index (κ1) is 26.4. The number of para-hydroxylation sites is 1. The summed E-state index contributed by atoms with van der Waals surface area (Å²) in [5.74, 6) is 5.01. The van der Waals surface area contributed by atoms with Crippen molar-refractivity contribution >= 4 is 27.1 Å². The molecule has 1 heterocycles. The highest BCUT2D eigenvalue weighted by Gasteiger charge is 2.27. The SMILES string of the molecule is Cc1cc(C(c2ccc(S(=O)OON)c(C)c2)N(c2ccccc2)n2cnnc2)ccc1OS(N)(=O)=O. The first-order chi connectivity index (χ1) is 17.7. The van der Waals surface area contributed by atoms with E-state index in [-0.39, 0.29) is 5.75 Å². The van der Waals surface area contributed by atoms with Gasteiger partial charge in [-0.25, -0.2) is 8.89 Å². The van der Waals surface area contributed by atoms with Gasteiger partial charge in [0.15, 0.2) is 0 Å². The molecule has 194 valence electrons. The van der Waals surface area contributed by atoms with Crippen molar-refractivity contribution in [2.45, 2.75) is 24.8 Å². The van der Waals surface area contributed by atoms with E-state index >= 15 is 0 Å². The fourth-order valence-electron chi connectivity index (χ4n) is 3.94. The maximum Gasteiger partial charge on any atom is 0.380 e. The summed E-state index contributed by atoms with van der Waals surface area (Å²) in [7, 11) is -4.19. The normalized spacial score (nSPS) is 13.2. The van der Waals surface area contributed by atoms with Crippen LogP contribution in [0, 0.1) is 13.8 Å². The molecule has 0 fully saturated rings. The lowest BCUT2D eigenvalue weighted by Crippen LogP contribution is -2.34. The van der Waals surface area contributed by atoms with Gasteiger partial charge in [0, 0.05) is 0 Å². The maximum atomic E-state index is 12.3. The molecular weight excluding hydrogens is 520 g/mol. The van der Waals surface area contributed by atoms with Crippen molar-refractivity contribution in [1.82, 2.24) is 14.9 Å². The zero-order valence-electron chi connectivity index (χ0n) is 19.8. The molecule has 0 bridgehead atoms. The summed E-state index contributed by atoms with van der Waals surface area (Å²) >= 11 is -1.93. The van der Waals surface area contributed by atoms with Crippen LogP contribution in [0.25, 0.3) is 0 Å². The Hall–Kier alpha value is -3.66. The Morgan fingerprint density at radius 1 is 0.946 bits per heavy atom. The highest BCUT2D eigenvalue weighted by atomic mass is 32.2. The highest BCUT2D eigenvalue weighted by molar-refractivity contribution is 7.84.